The fourth-order valence-electron chi connectivity index (χ4n) is 1.76. The van der Waals surface area contributed by atoms with Crippen LogP contribution in [0.5, 0.6) is 0 Å². The van der Waals surface area contributed by atoms with Gasteiger partial charge in [0.1, 0.15) is 0 Å². The lowest BCUT2D eigenvalue weighted by Crippen LogP contribution is -2.27. The van der Waals surface area contributed by atoms with Gasteiger partial charge in [0.25, 0.3) is 0 Å². The highest BCUT2D eigenvalue weighted by molar-refractivity contribution is 7.80. The standard InChI is InChI=1S/C11H21NOS/c1-8-3-5-10(6-4-8)13-7-9(2)11(12)14/h8-10H,3-7H2,1-2H3,(H2,12,14). The number of ether oxygens (including phenoxy) is 1. The Morgan fingerprint density at radius 3 is 2.50 bits per heavy atom. The van der Waals surface area contributed by atoms with E-state index in [0.29, 0.717) is 17.7 Å². The van der Waals surface area contributed by atoms with Gasteiger partial charge < -0.3 is 10.5 Å². The average Bonchev–Trinajstić information content (AvgIpc) is 2.16. The van der Waals surface area contributed by atoms with Crippen molar-refractivity contribution in [3.63, 3.8) is 0 Å². The molecule has 0 aromatic carbocycles. The van der Waals surface area contributed by atoms with Gasteiger partial charge in [-0.05, 0) is 31.6 Å². The highest BCUT2D eigenvalue weighted by Crippen LogP contribution is 2.25. The van der Waals surface area contributed by atoms with Gasteiger partial charge >= 0.3 is 0 Å². The van der Waals surface area contributed by atoms with E-state index >= 15 is 0 Å². The Hall–Kier alpha value is -0.150. The van der Waals surface area contributed by atoms with Crippen molar-refractivity contribution in [3.8, 4) is 0 Å². The average molecular weight is 215 g/mol. The number of rotatable bonds is 4. The summed E-state index contributed by atoms with van der Waals surface area (Å²) in [5, 5.41) is 0. The van der Waals surface area contributed by atoms with Crippen molar-refractivity contribution >= 4 is 17.2 Å². The monoisotopic (exact) mass is 215 g/mol. The number of hydrogen-bond acceptors (Lipinski definition) is 2. The third-order valence-corrected chi connectivity index (χ3v) is 3.43. The highest BCUT2D eigenvalue weighted by atomic mass is 32.1. The fourth-order valence-corrected chi connectivity index (χ4v) is 1.83. The summed E-state index contributed by atoms with van der Waals surface area (Å²) >= 11 is 4.90. The molecule has 1 saturated carbocycles. The van der Waals surface area contributed by atoms with Gasteiger partial charge in [-0.25, -0.2) is 0 Å². The molecule has 1 rings (SSSR count). The second-order valence-electron chi connectivity index (χ2n) is 4.52. The van der Waals surface area contributed by atoms with E-state index in [1.54, 1.807) is 0 Å². The van der Waals surface area contributed by atoms with Crippen LogP contribution < -0.4 is 5.73 Å². The first-order chi connectivity index (χ1) is 6.59. The predicted molar refractivity (Wildman–Crippen MR) is 63.3 cm³/mol. The molecule has 0 saturated heterocycles. The van der Waals surface area contributed by atoms with Crippen molar-refractivity contribution in [3.05, 3.63) is 0 Å². The third kappa shape index (κ3) is 3.93. The maximum absolute atomic E-state index is 5.79. The van der Waals surface area contributed by atoms with Crippen LogP contribution in [0.1, 0.15) is 39.5 Å². The Bertz CT molecular complexity index is 188. The van der Waals surface area contributed by atoms with Crippen LogP contribution in [0.15, 0.2) is 0 Å². The summed E-state index contributed by atoms with van der Waals surface area (Å²) in [7, 11) is 0. The lowest BCUT2D eigenvalue weighted by Gasteiger charge is -2.27. The largest absolute Gasteiger partial charge is 0.393 e. The minimum Gasteiger partial charge on any atom is -0.393 e. The zero-order valence-electron chi connectivity index (χ0n) is 9.16. The molecule has 0 aromatic heterocycles. The molecule has 0 aliphatic heterocycles. The molecule has 1 atom stereocenters. The first kappa shape index (κ1) is 11.9. The van der Waals surface area contributed by atoms with E-state index in [9.17, 15) is 0 Å². The van der Waals surface area contributed by atoms with Crippen molar-refractivity contribution < 1.29 is 4.74 Å². The SMILES string of the molecule is CC1CCC(OCC(C)C(N)=S)CC1. The summed E-state index contributed by atoms with van der Waals surface area (Å²) in [5.41, 5.74) is 5.53. The van der Waals surface area contributed by atoms with Gasteiger partial charge in [0.05, 0.1) is 17.7 Å². The molecule has 82 valence electrons. The quantitative estimate of drug-likeness (QED) is 0.732. The minimum absolute atomic E-state index is 0.212. The third-order valence-electron chi connectivity index (χ3n) is 3.03. The molecular formula is C11H21NOS. The van der Waals surface area contributed by atoms with Crippen LogP contribution in [-0.2, 0) is 4.74 Å². The summed E-state index contributed by atoms with van der Waals surface area (Å²) in [4.78, 5) is 0.564. The Morgan fingerprint density at radius 1 is 1.43 bits per heavy atom. The molecule has 0 radical (unpaired) electrons. The lowest BCUT2D eigenvalue weighted by molar-refractivity contribution is 0.0125. The van der Waals surface area contributed by atoms with Gasteiger partial charge in [0.2, 0.25) is 0 Å². The van der Waals surface area contributed by atoms with Crippen molar-refractivity contribution in [2.24, 2.45) is 17.6 Å². The first-order valence-electron chi connectivity index (χ1n) is 5.50. The number of hydrogen-bond donors (Lipinski definition) is 1. The molecule has 0 spiro atoms. The van der Waals surface area contributed by atoms with Gasteiger partial charge in [0, 0.05) is 5.92 Å². The molecule has 2 nitrogen and oxygen atoms in total. The molecule has 1 fully saturated rings. The van der Waals surface area contributed by atoms with E-state index in [4.69, 9.17) is 22.7 Å². The summed E-state index contributed by atoms with van der Waals surface area (Å²) < 4.78 is 5.79. The summed E-state index contributed by atoms with van der Waals surface area (Å²) in [5.74, 6) is 1.09. The second-order valence-corrected chi connectivity index (χ2v) is 4.99. The van der Waals surface area contributed by atoms with E-state index in [-0.39, 0.29) is 5.92 Å². The highest BCUT2D eigenvalue weighted by Gasteiger charge is 2.19. The summed E-state index contributed by atoms with van der Waals surface area (Å²) in [6.07, 6.45) is 5.44. The molecule has 3 heteroatoms. The Morgan fingerprint density at radius 2 is 2.00 bits per heavy atom. The van der Waals surface area contributed by atoms with E-state index in [0.717, 1.165) is 5.92 Å². The normalized spacial score (nSPS) is 29.9. The van der Waals surface area contributed by atoms with Crippen molar-refractivity contribution in [2.45, 2.75) is 45.6 Å². The van der Waals surface area contributed by atoms with Gasteiger partial charge in [-0.1, -0.05) is 26.1 Å². The molecular weight excluding hydrogens is 194 g/mol. The number of thiocarbonyl (C=S) groups is 1. The first-order valence-corrected chi connectivity index (χ1v) is 5.91. The zero-order valence-corrected chi connectivity index (χ0v) is 9.98. The summed E-state index contributed by atoms with van der Waals surface area (Å²) in [6, 6.07) is 0. The van der Waals surface area contributed by atoms with Crippen LogP contribution >= 0.6 is 12.2 Å². The predicted octanol–water partition coefficient (Wildman–Crippen LogP) is 2.50. The van der Waals surface area contributed by atoms with Crippen LogP contribution in [-0.4, -0.2) is 17.7 Å². The maximum atomic E-state index is 5.79. The van der Waals surface area contributed by atoms with Crippen molar-refractivity contribution in [1.82, 2.24) is 0 Å². The second kappa shape index (κ2) is 5.66. The molecule has 0 aromatic rings. The maximum Gasteiger partial charge on any atom is 0.0779 e. The Kier molecular flexibility index (Phi) is 4.82. The number of nitrogens with two attached hydrogens (primary N) is 1. The van der Waals surface area contributed by atoms with E-state index in [1.807, 2.05) is 6.92 Å². The zero-order chi connectivity index (χ0) is 10.6. The smallest absolute Gasteiger partial charge is 0.0779 e. The van der Waals surface area contributed by atoms with E-state index in [1.165, 1.54) is 25.7 Å². The van der Waals surface area contributed by atoms with Crippen molar-refractivity contribution in [2.75, 3.05) is 6.61 Å². The fraction of sp³-hybridized carbons (Fsp3) is 0.909. The van der Waals surface area contributed by atoms with Crippen LogP contribution in [0.25, 0.3) is 0 Å². The lowest BCUT2D eigenvalue weighted by atomic mass is 9.89. The molecule has 14 heavy (non-hydrogen) atoms. The van der Waals surface area contributed by atoms with Crippen molar-refractivity contribution in [1.29, 1.82) is 0 Å². The molecule has 0 amide bonds. The van der Waals surface area contributed by atoms with Gasteiger partial charge in [-0.3, -0.25) is 0 Å². The molecule has 1 unspecified atom stereocenters. The van der Waals surface area contributed by atoms with Crippen LogP contribution in [0.3, 0.4) is 0 Å². The molecule has 0 heterocycles. The topological polar surface area (TPSA) is 35.2 Å². The van der Waals surface area contributed by atoms with Crippen LogP contribution in [0.4, 0.5) is 0 Å². The Balaban J connectivity index is 2.16. The van der Waals surface area contributed by atoms with Gasteiger partial charge in [0.15, 0.2) is 0 Å². The van der Waals surface area contributed by atoms with Gasteiger partial charge in [-0.2, -0.15) is 0 Å². The molecule has 1 aliphatic carbocycles. The van der Waals surface area contributed by atoms with E-state index in [2.05, 4.69) is 6.92 Å². The van der Waals surface area contributed by atoms with Crippen LogP contribution in [0.2, 0.25) is 0 Å². The van der Waals surface area contributed by atoms with Gasteiger partial charge in [-0.15, -0.1) is 0 Å². The van der Waals surface area contributed by atoms with Crippen LogP contribution in [0, 0.1) is 11.8 Å². The molecule has 1 aliphatic rings. The minimum atomic E-state index is 0.212. The molecule has 2 N–H and O–H groups in total. The van der Waals surface area contributed by atoms with E-state index < -0.39 is 0 Å². The Labute approximate surface area is 92.2 Å². The molecule has 0 bridgehead atoms. The summed E-state index contributed by atoms with van der Waals surface area (Å²) in [6.45, 7) is 5.02.